The Labute approximate surface area is 62.8 Å². The molecule has 0 saturated heterocycles. The van der Waals surface area contributed by atoms with Crippen molar-refractivity contribution in [1.82, 2.24) is 0 Å². The van der Waals surface area contributed by atoms with Gasteiger partial charge in [0.15, 0.2) is 0 Å². The summed E-state index contributed by atoms with van der Waals surface area (Å²) in [7, 11) is 0. The minimum Gasteiger partial charge on any atom is -0.370 e. The van der Waals surface area contributed by atoms with E-state index in [9.17, 15) is 4.79 Å². The van der Waals surface area contributed by atoms with E-state index in [4.69, 9.17) is 5.73 Å². The summed E-state index contributed by atoms with van der Waals surface area (Å²) < 4.78 is 0. The van der Waals surface area contributed by atoms with Crippen molar-refractivity contribution < 1.29 is 4.79 Å². The lowest BCUT2D eigenvalue weighted by molar-refractivity contribution is -0.118. The van der Waals surface area contributed by atoms with Crippen LogP contribution in [0.25, 0.3) is 0 Å². The molecule has 0 radical (unpaired) electrons. The second kappa shape index (κ2) is 4.31. The number of nitrogens with two attached hydrogens (primary N) is 1. The Hall–Kier alpha value is -0.530. The molecule has 0 aliphatic rings. The summed E-state index contributed by atoms with van der Waals surface area (Å²) in [4.78, 5) is 10.4. The van der Waals surface area contributed by atoms with Crippen LogP contribution in [0.15, 0.2) is 0 Å². The summed E-state index contributed by atoms with van der Waals surface area (Å²) in [5.41, 5.74) is 5.03. The molecule has 1 unspecified atom stereocenters. The lowest BCUT2D eigenvalue weighted by Crippen LogP contribution is -2.15. The van der Waals surface area contributed by atoms with Crippen molar-refractivity contribution in [3.05, 3.63) is 0 Å². The molecule has 0 aliphatic carbocycles. The van der Waals surface area contributed by atoms with Gasteiger partial charge in [0.1, 0.15) is 0 Å². The Bertz CT molecular complexity index is 110. The van der Waals surface area contributed by atoms with E-state index in [0.29, 0.717) is 18.3 Å². The fourth-order valence-corrected chi connectivity index (χ4v) is 1.23. The Balaban J connectivity index is 3.43. The van der Waals surface area contributed by atoms with E-state index in [1.54, 1.807) is 0 Å². The Morgan fingerprint density at radius 3 is 2.20 bits per heavy atom. The molecule has 10 heavy (non-hydrogen) atoms. The van der Waals surface area contributed by atoms with Gasteiger partial charge < -0.3 is 5.73 Å². The molecule has 0 aromatic rings. The van der Waals surface area contributed by atoms with E-state index < -0.39 is 0 Å². The third-order valence-electron chi connectivity index (χ3n) is 1.42. The average Bonchev–Trinajstić information content (AvgIpc) is 1.58. The highest BCUT2D eigenvalue weighted by atomic mass is 16.1. The van der Waals surface area contributed by atoms with Crippen LogP contribution in [-0.2, 0) is 4.79 Å². The molecule has 2 N–H and O–H groups in total. The molecule has 0 saturated carbocycles. The molecule has 2 nitrogen and oxygen atoms in total. The van der Waals surface area contributed by atoms with Crippen molar-refractivity contribution in [2.75, 3.05) is 0 Å². The summed E-state index contributed by atoms with van der Waals surface area (Å²) in [6.45, 7) is 6.36. The third-order valence-corrected chi connectivity index (χ3v) is 1.42. The van der Waals surface area contributed by atoms with Gasteiger partial charge in [0.25, 0.3) is 0 Å². The van der Waals surface area contributed by atoms with E-state index in [1.165, 1.54) is 0 Å². The molecular formula is C8H17NO. The predicted octanol–water partition coefficient (Wildman–Crippen LogP) is 1.54. The van der Waals surface area contributed by atoms with Crippen LogP contribution in [-0.4, -0.2) is 5.91 Å². The maximum atomic E-state index is 10.4. The molecule has 2 heteroatoms. The average molecular weight is 143 g/mol. The summed E-state index contributed by atoms with van der Waals surface area (Å²) in [6.07, 6.45) is 1.61. The molecule has 0 heterocycles. The van der Waals surface area contributed by atoms with Crippen LogP contribution in [0.5, 0.6) is 0 Å². The fourth-order valence-electron chi connectivity index (χ4n) is 1.23. The van der Waals surface area contributed by atoms with Gasteiger partial charge in [-0.05, 0) is 18.3 Å². The Morgan fingerprint density at radius 1 is 1.40 bits per heavy atom. The van der Waals surface area contributed by atoms with Crippen molar-refractivity contribution >= 4 is 5.91 Å². The predicted molar refractivity (Wildman–Crippen MR) is 42.4 cm³/mol. The lowest BCUT2D eigenvalue weighted by Gasteiger charge is -2.10. The molecule has 0 aromatic carbocycles. The van der Waals surface area contributed by atoms with Crippen LogP contribution >= 0.6 is 0 Å². The molecule has 1 atom stereocenters. The molecule has 1 amide bonds. The zero-order valence-corrected chi connectivity index (χ0v) is 7.05. The normalized spacial score (nSPS) is 13.6. The third kappa shape index (κ3) is 5.60. The second-order valence-electron chi connectivity index (χ2n) is 3.41. The van der Waals surface area contributed by atoms with Crippen LogP contribution < -0.4 is 5.73 Å². The van der Waals surface area contributed by atoms with Gasteiger partial charge >= 0.3 is 0 Å². The SMILES string of the molecule is CC(C)CC(C)CC(N)=O. The molecule has 0 aromatic heterocycles. The Kier molecular flexibility index (Phi) is 4.08. The maximum absolute atomic E-state index is 10.4. The van der Waals surface area contributed by atoms with Crippen LogP contribution in [0.1, 0.15) is 33.6 Å². The monoisotopic (exact) mass is 143 g/mol. The molecular weight excluding hydrogens is 126 g/mol. The molecule has 0 fully saturated rings. The van der Waals surface area contributed by atoms with Gasteiger partial charge in [-0.1, -0.05) is 20.8 Å². The highest BCUT2D eigenvalue weighted by Crippen LogP contribution is 2.13. The first kappa shape index (κ1) is 9.47. The van der Waals surface area contributed by atoms with Crippen molar-refractivity contribution in [1.29, 1.82) is 0 Å². The van der Waals surface area contributed by atoms with E-state index >= 15 is 0 Å². The zero-order valence-electron chi connectivity index (χ0n) is 7.05. The Morgan fingerprint density at radius 2 is 1.90 bits per heavy atom. The first-order chi connectivity index (χ1) is 4.52. The van der Waals surface area contributed by atoms with Crippen molar-refractivity contribution in [3.8, 4) is 0 Å². The number of primary amides is 1. The van der Waals surface area contributed by atoms with Gasteiger partial charge in [0.05, 0.1) is 0 Å². The number of rotatable bonds is 4. The summed E-state index contributed by atoms with van der Waals surface area (Å²) in [5, 5.41) is 0. The van der Waals surface area contributed by atoms with Gasteiger partial charge in [0, 0.05) is 6.42 Å². The van der Waals surface area contributed by atoms with Gasteiger partial charge in [-0.25, -0.2) is 0 Å². The topological polar surface area (TPSA) is 43.1 Å². The van der Waals surface area contributed by atoms with E-state index in [0.717, 1.165) is 6.42 Å². The van der Waals surface area contributed by atoms with Crippen molar-refractivity contribution in [3.63, 3.8) is 0 Å². The minimum atomic E-state index is -0.187. The van der Waals surface area contributed by atoms with Gasteiger partial charge in [-0.3, -0.25) is 4.79 Å². The van der Waals surface area contributed by atoms with Crippen molar-refractivity contribution in [2.24, 2.45) is 17.6 Å². The second-order valence-corrected chi connectivity index (χ2v) is 3.41. The standard InChI is InChI=1S/C8H17NO/c1-6(2)4-7(3)5-8(9)10/h6-7H,4-5H2,1-3H3,(H2,9,10). The number of carbonyl (C=O) groups excluding carboxylic acids is 1. The van der Waals surface area contributed by atoms with Crippen molar-refractivity contribution in [2.45, 2.75) is 33.6 Å². The smallest absolute Gasteiger partial charge is 0.217 e. The fraction of sp³-hybridized carbons (Fsp3) is 0.875. The molecule has 0 aliphatic heterocycles. The lowest BCUT2D eigenvalue weighted by atomic mass is 9.96. The first-order valence-corrected chi connectivity index (χ1v) is 3.80. The number of carbonyl (C=O) groups is 1. The van der Waals surface area contributed by atoms with Gasteiger partial charge in [-0.15, -0.1) is 0 Å². The summed E-state index contributed by atoms with van der Waals surface area (Å²) in [5.74, 6) is 0.917. The largest absolute Gasteiger partial charge is 0.370 e. The summed E-state index contributed by atoms with van der Waals surface area (Å²) in [6, 6.07) is 0. The molecule has 0 bridgehead atoms. The molecule has 0 rings (SSSR count). The van der Waals surface area contributed by atoms with Crippen LogP contribution in [0, 0.1) is 11.8 Å². The highest BCUT2D eigenvalue weighted by molar-refractivity contribution is 5.73. The zero-order chi connectivity index (χ0) is 8.15. The quantitative estimate of drug-likeness (QED) is 0.637. The van der Waals surface area contributed by atoms with Crippen LogP contribution in [0.4, 0.5) is 0 Å². The molecule has 60 valence electrons. The van der Waals surface area contributed by atoms with Gasteiger partial charge in [0.2, 0.25) is 5.91 Å². The van der Waals surface area contributed by atoms with Crippen LogP contribution in [0.2, 0.25) is 0 Å². The van der Waals surface area contributed by atoms with Crippen LogP contribution in [0.3, 0.4) is 0 Å². The van der Waals surface area contributed by atoms with E-state index in [-0.39, 0.29) is 5.91 Å². The first-order valence-electron chi connectivity index (χ1n) is 3.80. The minimum absolute atomic E-state index is 0.187. The molecule has 0 spiro atoms. The number of amides is 1. The highest BCUT2D eigenvalue weighted by Gasteiger charge is 2.07. The van der Waals surface area contributed by atoms with Gasteiger partial charge in [-0.2, -0.15) is 0 Å². The number of hydrogen-bond acceptors (Lipinski definition) is 1. The number of hydrogen-bond donors (Lipinski definition) is 1. The van der Waals surface area contributed by atoms with E-state index in [1.807, 2.05) is 0 Å². The summed E-state index contributed by atoms with van der Waals surface area (Å²) >= 11 is 0. The van der Waals surface area contributed by atoms with E-state index in [2.05, 4.69) is 20.8 Å². The maximum Gasteiger partial charge on any atom is 0.217 e.